The minimum atomic E-state index is -2.26. The number of aliphatic hydroxyl groups excluding tert-OH is 3. The van der Waals surface area contributed by atoms with Crippen molar-refractivity contribution in [1.29, 1.82) is 0 Å². The third-order valence-electron chi connectivity index (χ3n) is 13.3. The second kappa shape index (κ2) is 16.7. The van der Waals surface area contributed by atoms with E-state index in [-0.39, 0.29) is 42.9 Å². The van der Waals surface area contributed by atoms with Crippen molar-refractivity contribution >= 4 is 41.4 Å². The minimum Gasteiger partial charge on any atom is -0.459 e. The van der Waals surface area contributed by atoms with E-state index in [4.69, 9.17) is 18.9 Å². The first kappa shape index (κ1) is 43.2. The number of hydrogen-bond donors (Lipinski definition) is 5. The van der Waals surface area contributed by atoms with E-state index in [1.807, 2.05) is 0 Å². The topological polar surface area (TPSA) is 215 Å². The number of benzene rings is 1. The van der Waals surface area contributed by atoms with Crippen LogP contribution >= 0.6 is 11.8 Å². The predicted molar refractivity (Wildman–Crippen MR) is 206 cm³/mol. The largest absolute Gasteiger partial charge is 0.459 e. The molecule has 5 N–H and O–H groups in total. The van der Waals surface area contributed by atoms with Gasteiger partial charge >= 0.3 is 17.9 Å². The summed E-state index contributed by atoms with van der Waals surface area (Å²) in [4.78, 5) is 69.0. The fourth-order valence-electron chi connectivity index (χ4n) is 10.1. The fraction of sp³-hybridized carbons (Fsp3) is 0.690. The number of carbonyl (C=O) groups is 5. The molecule has 4 fully saturated rings. The maximum absolute atomic E-state index is 14.9. The van der Waals surface area contributed by atoms with Crippen LogP contribution in [0.25, 0.3) is 0 Å². The fourth-order valence-corrected chi connectivity index (χ4v) is 11.1. The van der Waals surface area contributed by atoms with Crippen molar-refractivity contribution in [2.24, 2.45) is 16.7 Å². The molecule has 0 spiro atoms. The molecule has 2 saturated carbocycles. The van der Waals surface area contributed by atoms with Crippen LogP contribution in [0.1, 0.15) is 104 Å². The van der Waals surface area contributed by atoms with Gasteiger partial charge in [0.1, 0.15) is 30.0 Å². The molecular weight excluding hydrogens is 759 g/mol. The molecule has 1 aromatic carbocycles. The summed E-state index contributed by atoms with van der Waals surface area (Å²) >= 11 is 1.73. The third-order valence-corrected chi connectivity index (χ3v) is 14.5. The Kier molecular flexibility index (Phi) is 12.7. The Balaban J connectivity index is 1.49. The molecule has 2 heterocycles. The predicted octanol–water partition coefficient (Wildman–Crippen LogP) is 3.01. The van der Waals surface area contributed by atoms with Gasteiger partial charge in [0.2, 0.25) is 5.91 Å². The first-order valence-electron chi connectivity index (χ1n) is 20.1. The molecule has 0 unspecified atom stereocenters. The summed E-state index contributed by atoms with van der Waals surface area (Å²) in [5.41, 5.74) is -6.77. The molecule has 314 valence electrons. The lowest BCUT2D eigenvalue weighted by atomic mass is 9.44. The van der Waals surface area contributed by atoms with E-state index >= 15 is 0 Å². The molecule has 2 aliphatic heterocycles. The molecule has 1 amide bonds. The van der Waals surface area contributed by atoms with Crippen molar-refractivity contribution in [3.05, 3.63) is 47.0 Å². The van der Waals surface area contributed by atoms with E-state index in [1.54, 1.807) is 62.9 Å². The van der Waals surface area contributed by atoms with Gasteiger partial charge in [-0.2, -0.15) is 11.8 Å². The molecule has 3 bridgehead atoms. The Morgan fingerprint density at radius 3 is 2.25 bits per heavy atom. The Morgan fingerprint density at radius 2 is 1.60 bits per heavy atom. The van der Waals surface area contributed by atoms with Crippen molar-refractivity contribution < 1.29 is 63.3 Å². The van der Waals surface area contributed by atoms with Crippen LogP contribution in [0, 0.1) is 16.7 Å². The lowest BCUT2D eigenvalue weighted by Gasteiger charge is -2.67. The van der Waals surface area contributed by atoms with Crippen LogP contribution in [0.2, 0.25) is 0 Å². The van der Waals surface area contributed by atoms with Gasteiger partial charge in [0.25, 0.3) is 0 Å². The average Bonchev–Trinajstić information content (AvgIpc) is 3.15. The zero-order chi connectivity index (χ0) is 41.5. The van der Waals surface area contributed by atoms with Gasteiger partial charge in [0.05, 0.1) is 30.1 Å². The number of hydrogen-bond acceptors (Lipinski definition) is 14. The highest BCUT2D eigenvalue weighted by Gasteiger charge is 2.78. The molecule has 2 saturated heterocycles. The standard InChI is InChI=1S/C42H57NO13S/c1-23-26-21-42(52)37(35-40(5,36(50)33(48)31(23)39(42,3)4)27(45)20-28-41(35,22-53-28)56-24(2)44)55-30(47)17-11-13-19-57-18-12-7-10-16-29(46)43-32(34(49)38(51)54-26)25-14-8-6-9-15-25/h6,8-9,14-15,26-28,32-35,37,45,48-49,52H,7,10-13,16-22H2,1-5H3,(H,43,46)/t26-,27-,28+,32-,33+,34+,35-,37-,40+,41-,42+/m0/s1. The number of fused-ring (bicyclic) bond motifs is 6. The summed E-state index contributed by atoms with van der Waals surface area (Å²) in [6.45, 7) is 7.10. The highest BCUT2D eigenvalue weighted by molar-refractivity contribution is 7.99. The summed E-state index contributed by atoms with van der Waals surface area (Å²) in [6, 6.07) is 7.28. The number of nitrogens with one attached hydrogen (secondary N) is 1. The Hall–Kier alpha value is -3.34. The molecule has 57 heavy (non-hydrogen) atoms. The van der Waals surface area contributed by atoms with Crippen LogP contribution in [0.3, 0.4) is 0 Å². The number of aliphatic hydroxyl groups is 4. The molecule has 15 heteroatoms. The second-order valence-electron chi connectivity index (χ2n) is 17.1. The number of rotatable bonds is 2. The highest BCUT2D eigenvalue weighted by Crippen LogP contribution is 2.64. The lowest BCUT2D eigenvalue weighted by molar-refractivity contribution is -0.347. The molecule has 6 rings (SSSR count). The van der Waals surface area contributed by atoms with Crippen molar-refractivity contribution in [2.45, 2.75) is 146 Å². The number of carbonyl (C=O) groups excluding carboxylic acids is 5. The van der Waals surface area contributed by atoms with E-state index in [2.05, 4.69) is 5.32 Å². The van der Waals surface area contributed by atoms with Crippen LogP contribution in [0.5, 0.6) is 0 Å². The molecule has 14 nitrogen and oxygen atoms in total. The third kappa shape index (κ3) is 7.68. The van der Waals surface area contributed by atoms with Crippen molar-refractivity contribution in [1.82, 2.24) is 5.32 Å². The SMILES string of the molecule is CC(=O)O[C@@]12CO[C@@H]1C[C@H](O)[C@@]1(C)C(=O)[C@H](O)C3=C(C)[C@@H]4C[C@@](O)([C@@H](OC(=O)CCCCSCCCCCC(=O)N[C@@H](c5ccccc5)[C@@H](O)C(=O)O4)[C@H]21)C3(C)C. The number of ether oxygens (including phenoxy) is 4. The van der Waals surface area contributed by atoms with Gasteiger partial charge in [-0.15, -0.1) is 0 Å². The Labute approximate surface area is 337 Å². The highest BCUT2D eigenvalue weighted by atomic mass is 32.2. The number of ketones is 1. The van der Waals surface area contributed by atoms with E-state index < -0.39 is 101 Å². The van der Waals surface area contributed by atoms with Crippen LogP contribution in [-0.4, -0.2) is 116 Å². The van der Waals surface area contributed by atoms with E-state index in [9.17, 15) is 44.4 Å². The second-order valence-corrected chi connectivity index (χ2v) is 18.3. The van der Waals surface area contributed by atoms with Crippen molar-refractivity contribution in [3.63, 3.8) is 0 Å². The van der Waals surface area contributed by atoms with Gasteiger partial charge in [-0.05, 0) is 67.7 Å². The van der Waals surface area contributed by atoms with E-state index in [0.717, 1.165) is 24.3 Å². The Morgan fingerprint density at radius 1 is 0.930 bits per heavy atom. The van der Waals surface area contributed by atoms with Crippen molar-refractivity contribution in [2.75, 3.05) is 18.1 Å². The van der Waals surface area contributed by atoms with E-state index in [1.165, 1.54) is 13.8 Å². The zero-order valence-electron chi connectivity index (χ0n) is 33.4. The number of amides is 1. The van der Waals surface area contributed by atoms with Crippen LogP contribution in [-0.2, 0) is 42.9 Å². The summed E-state index contributed by atoms with van der Waals surface area (Å²) in [5.74, 6) is -3.60. The molecule has 11 atom stereocenters. The van der Waals surface area contributed by atoms with Gasteiger partial charge in [-0.1, -0.05) is 50.6 Å². The molecule has 1 aromatic rings. The first-order valence-corrected chi connectivity index (χ1v) is 21.2. The minimum absolute atomic E-state index is 0.00521. The monoisotopic (exact) mass is 815 g/mol. The number of Topliss-reactive ketones (excluding diaryl/α,β-unsaturated/α-hetero) is 1. The molecule has 0 radical (unpaired) electrons. The number of esters is 3. The maximum Gasteiger partial charge on any atom is 0.338 e. The van der Waals surface area contributed by atoms with Crippen LogP contribution < -0.4 is 5.32 Å². The zero-order valence-corrected chi connectivity index (χ0v) is 34.2. The lowest BCUT2D eigenvalue weighted by Crippen LogP contribution is -2.81. The number of thioether (sulfide) groups is 1. The molecular formula is C42H57NO13S. The smallest absolute Gasteiger partial charge is 0.338 e. The van der Waals surface area contributed by atoms with Gasteiger partial charge < -0.3 is 44.7 Å². The molecule has 5 aliphatic rings. The summed E-state index contributed by atoms with van der Waals surface area (Å²) in [6.07, 6.45) is -6.41. The quantitative estimate of drug-likeness (QED) is 0.165. The summed E-state index contributed by atoms with van der Waals surface area (Å²) in [5, 5.41) is 51.8. The van der Waals surface area contributed by atoms with Crippen LogP contribution in [0.15, 0.2) is 41.5 Å². The first-order chi connectivity index (χ1) is 26.9. The van der Waals surface area contributed by atoms with Gasteiger partial charge in [-0.3, -0.25) is 19.2 Å². The van der Waals surface area contributed by atoms with Gasteiger partial charge in [-0.25, -0.2) is 4.79 Å². The van der Waals surface area contributed by atoms with Gasteiger partial charge in [0.15, 0.2) is 17.5 Å². The van der Waals surface area contributed by atoms with E-state index in [0.29, 0.717) is 24.8 Å². The summed E-state index contributed by atoms with van der Waals surface area (Å²) < 4.78 is 24.2. The molecule has 0 aromatic heterocycles. The summed E-state index contributed by atoms with van der Waals surface area (Å²) in [7, 11) is 0. The van der Waals surface area contributed by atoms with Crippen molar-refractivity contribution in [3.8, 4) is 0 Å². The average molecular weight is 816 g/mol. The Bertz CT molecular complexity index is 1750. The van der Waals surface area contributed by atoms with Crippen LogP contribution in [0.4, 0.5) is 0 Å². The molecule has 3 aliphatic carbocycles. The van der Waals surface area contributed by atoms with Gasteiger partial charge in [0, 0.05) is 38.0 Å². The maximum atomic E-state index is 14.9. The normalized spacial score (nSPS) is 39.6.